The summed E-state index contributed by atoms with van der Waals surface area (Å²) in [7, 11) is 0. The van der Waals surface area contributed by atoms with E-state index >= 15 is 0 Å². The first-order valence-electron chi connectivity index (χ1n) is 7.38. The Bertz CT molecular complexity index is 542. The third kappa shape index (κ3) is 3.74. The molecule has 1 aromatic rings. The van der Waals surface area contributed by atoms with Gasteiger partial charge in [-0.3, -0.25) is 9.59 Å². The molecule has 0 aromatic heterocycles. The normalized spacial score (nSPS) is 18.5. The van der Waals surface area contributed by atoms with Gasteiger partial charge in [0.2, 0.25) is 5.91 Å². The van der Waals surface area contributed by atoms with E-state index in [1.54, 1.807) is 6.07 Å². The Morgan fingerprint density at radius 3 is 2.76 bits per heavy atom. The molecule has 0 spiro atoms. The molecule has 114 valence electrons. The first-order chi connectivity index (χ1) is 9.99. The van der Waals surface area contributed by atoms with Crippen LogP contribution in [0.1, 0.15) is 48.0 Å². The summed E-state index contributed by atoms with van der Waals surface area (Å²) >= 11 is 0. The minimum atomic E-state index is -0.749. The number of benzene rings is 1. The molecular formula is C16H22N2O3. The molecule has 0 saturated carbocycles. The molecule has 0 radical (unpaired) electrons. The highest BCUT2D eigenvalue weighted by atomic mass is 16.4. The van der Waals surface area contributed by atoms with Crippen molar-refractivity contribution in [2.75, 3.05) is 11.4 Å². The molecule has 5 heteroatoms. The number of nitrogens with zero attached hydrogens (tertiary/aromatic N) is 1. The summed E-state index contributed by atoms with van der Waals surface area (Å²) in [6.07, 6.45) is 4.12. The van der Waals surface area contributed by atoms with E-state index in [2.05, 4.69) is 4.90 Å². The van der Waals surface area contributed by atoms with Crippen LogP contribution in [0.4, 0.5) is 5.69 Å². The van der Waals surface area contributed by atoms with Crippen molar-refractivity contribution < 1.29 is 14.7 Å². The van der Waals surface area contributed by atoms with Crippen LogP contribution in [0.2, 0.25) is 0 Å². The van der Waals surface area contributed by atoms with Gasteiger partial charge in [0.1, 0.15) is 0 Å². The number of nitrogens with two attached hydrogens (primary N) is 1. The fraction of sp³-hybridized carbons (Fsp3) is 0.500. The molecule has 1 unspecified atom stereocenters. The summed E-state index contributed by atoms with van der Waals surface area (Å²) in [6.45, 7) is 2.80. The van der Waals surface area contributed by atoms with Gasteiger partial charge in [0.15, 0.2) is 0 Å². The quantitative estimate of drug-likeness (QED) is 0.871. The largest absolute Gasteiger partial charge is 0.481 e. The maximum Gasteiger partial charge on any atom is 0.303 e. The summed E-state index contributed by atoms with van der Waals surface area (Å²) < 4.78 is 0. The molecule has 1 saturated heterocycles. The Labute approximate surface area is 124 Å². The lowest BCUT2D eigenvalue weighted by Crippen LogP contribution is -2.40. The Morgan fingerprint density at radius 2 is 2.14 bits per heavy atom. The molecule has 1 aliphatic heterocycles. The van der Waals surface area contributed by atoms with Gasteiger partial charge in [-0.1, -0.05) is 0 Å². The number of aliphatic carboxylic acids is 1. The van der Waals surface area contributed by atoms with Gasteiger partial charge in [-0.15, -0.1) is 0 Å². The molecule has 1 amide bonds. The maximum absolute atomic E-state index is 11.3. The Kier molecular flexibility index (Phi) is 4.83. The molecule has 5 nitrogen and oxygen atoms in total. The van der Waals surface area contributed by atoms with Crippen LogP contribution in [-0.2, 0) is 4.79 Å². The molecule has 1 heterocycles. The van der Waals surface area contributed by atoms with Crippen LogP contribution < -0.4 is 10.6 Å². The van der Waals surface area contributed by atoms with Gasteiger partial charge in [0, 0.05) is 30.3 Å². The molecule has 1 aromatic carbocycles. The number of amides is 1. The van der Waals surface area contributed by atoms with Gasteiger partial charge < -0.3 is 15.7 Å². The predicted molar refractivity (Wildman–Crippen MR) is 81.6 cm³/mol. The van der Waals surface area contributed by atoms with Crippen LogP contribution in [-0.4, -0.2) is 29.6 Å². The number of hydrogen-bond donors (Lipinski definition) is 2. The van der Waals surface area contributed by atoms with Crippen LogP contribution in [0.3, 0.4) is 0 Å². The Morgan fingerprint density at radius 1 is 1.38 bits per heavy atom. The fourth-order valence-electron chi connectivity index (χ4n) is 3.03. The number of carboxylic acids is 1. The Hall–Kier alpha value is -2.04. The van der Waals surface area contributed by atoms with Crippen LogP contribution in [0.15, 0.2) is 18.2 Å². The molecule has 2 rings (SSSR count). The highest BCUT2D eigenvalue weighted by molar-refractivity contribution is 5.94. The second-order valence-corrected chi connectivity index (χ2v) is 5.64. The van der Waals surface area contributed by atoms with E-state index in [0.717, 1.165) is 37.1 Å². The van der Waals surface area contributed by atoms with Crippen LogP contribution in [0, 0.1) is 6.92 Å². The van der Waals surface area contributed by atoms with E-state index in [1.807, 2.05) is 19.1 Å². The van der Waals surface area contributed by atoms with E-state index < -0.39 is 11.9 Å². The number of hydrogen-bond acceptors (Lipinski definition) is 3. The number of aryl methyl sites for hydroxylation is 1. The van der Waals surface area contributed by atoms with Crippen molar-refractivity contribution in [2.45, 2.75) is 45.1 Å². The van der Waals surface area contributed by atoms with Crippen molar-refractivity contribution in [3.05, 3.63) is 29.3 Å². The van der Waals surface area contributed by atoms with Gasteiger partial charge in [-0.25, -0.2) is 0 Å². The van der Waals surface area contributed by atoms with Crippen LogP contribution in [0.25, 0.3) is 0 Å². The highest BCUT2D eigenvalue weighted by Gasteiger charge is 2.23. The lowest BCUT2D eigenvalue weighted by Gasteiger charge is -2.37. The standard InChI is InChI=1S/C16H22N2O3/c1-11-10-13(5-7-14(11)16(17)21)18-9-3-2-4-12(18)6-8-15(19)20/h5,7,10,12H,2-4,6,8-9H2,1H3,(H2,17,21)(H,19,20). The molecular weight excluding hydrogens is 268 g/mol. The average molecular weight is 290 g/mol. The van der Waals surface area contributed by atoms with Gasteiger partial charge in [0.05, 0.1) is 0 Å². The van der Waals surface area contributed by atoms with E-state index in [-0.39, 0.29) is 12.5 Å². The lowest BCUT2D eigenvalue weighted by molar-refractivity contribution is -0.137. The number of rotatable bonds is 5. The number of carboxylic acid groups (broad SMARTS) is 1. The van der Waals surface area contributed by atoms with Crippen molar-refractivity contribution in [3.8, 4) is 0 Å². The van der Waals surface area contributed by atoms with Gasteiger partial charge in [-0.2, -0.15) is 0 Å². The number of anilines is 1. The highest BCUT2D eigenvalue weighted by Crippen LogP contribution is 2.28. The summed E-state index contributed by atoms with van der Waals surface area (Å²) in [5.74, 6) is -1.17. The fourth-order valence-corrected chi connectivity index (χ4v) is 3.03. The molecule has 3 N–H and O–H groups in total. The molecule has 21 heavy (non-hydrogen) atoms. The zero-order valence-corrected chi connectivity index (χ0v) is 12.3. The number of primary amides is 1. The molecule has 1 atom stereocenters. The topological polar surface area (TPSA) is 83.6 Å². The molecule has 0 bridgehead atoms. The zero-order valence-electron chi connectivity index (χ0n) is 12.3. The first-order valence-corrected chi connectivity index (χ1v) is 7.38. The Balaban J connectivity index is 2.18. The number of piperidine rings is 1. The van der Waals surface area contributed by atoms with Crippen molar-refractivity contribution in [1.29, 1.82) is 0 Å². The molecule has 0 aliphatic carbocycles. The zero-order chi connectivity index (χ0) is 15.4. The molecule has 1 aliphatic rings. The summed E-state index contributed by atoms with van der Waals surface area (Å²) in [4.78, 5) is 24.4. The third-order valence-electron chi connectivity index (χ3n) is 4.13. The van der Waals surface area contributed by atoms with Gasteiger partial charge in [-0.05, 0) is 56.4 Å². The lowest BCUT2D eigenvalue weighted by atomic mass is 9.96. The van der Waals surface area contributed by atoms with Gasteiger partial charge >= 0.3 is 5.97 Å². The van der Waals surface area contributed by atoms with Crippen molar-refractivity contribution in [1.82, 2.24) is 0 Å². The predicted octanol–water partition coefficient (Wildman–Crippen LogP) is 2.32. The van der Waals surface area contributed by atoms with Crippen LogP contribution in [0.5, 0.6) is 0 Å². The van der Waals surface area contributed by atoms with E-state index in [1.165, 1.54) is 0 Å². The molecule has 1 fully saturated rings. The number of carbonyl (C=O) groups excluding carboxylic acids is 1. The minimum Gasteiger partial charge on any atom is -0.481 e. The van der Waals surface area contributed by atoms with E-state index in [9.17, 15) is 9.59 Å². The summed E-state index contributed by atoms with van der Waals surface area (Å²) in [5, 5.41) is 8.87. The van der Waals surface area contributed by atoms with E-state index in [4.69, 9.17) is 10.8 Å². The second kappa shape index (κ2) is 6.61. The monoisotopic (exact) mass is 290 g/mol. The minimum absolute atomic E-state index is 0.194. The van der Waals surface area contributed by atoms with Gasteiger partial charge in [0.25, 0.3) is 0 Å². The van der Waals surface area contributed by atoms with Crippen molar-refractivity contribution >= 4 is 17.6 Å². The summed E-state index contributed by atoms with van der Waals surface area (Å²) in [5.41, 5.74) is 7.79. The maximum atomic E-state index is 11.3. The van der Waals surface area contributed by atoms with Crippen molar-refractivity contribution in [2.24, 2.45) is 5.73 Å². The van der Waals surface area contributed by atoms with Crippen molar-refractivity contribution in [3.63, 3.8) is 0 Å². The SMILES string of the molecule is Cc1cc(N2CCCCC2CCC(=O)O)ccc1C(N)=O. The smallest absolute Gasteiger partial charge is 0.303 e. The van der Waals surface area contributed by atoms with E-state index in [0.29, 0.717) is 12.0 Å². The number of carbonyl (C=O) groups is 2. The third-order valence-corrected chi connectivity index (χ3v) is 4.13. The van der Waals surface area contributed by atoms with Crippen LogP contribution >= 0.6 is 0 Å². The first kappa shape index (κ1) is 15.4. The second-order valence-electron chi connectivity index (χ2n) is 5.64. The summed E-state index contributed by atoms with van der Waals surface area (Å²) in [6, 6.07) is 5.90. The average Bonchev–Trinajstić information content (AvgIpc) is 2.45.